The molecular formula is C21H24N2O4. The lowest BCUT2D eigenvalue weighted by molar-refractivity contribution is -0.158. The minimum absolute atomic E-state index is 0.00792. The molecule has 5 aliphatic rings. The van der Waals surface area contributed by atoms with Crippen molar-refractivity contribution in [3.05, 3.63) is 29.3 Å². The fourth-order valence-electron chi connectivity index (χ4n) is 7.00. The number of nitrogens with zero attached hydrogens (tertiary/aromatic N) is 2. The Labute approximate surface area is 158 Å². The Balaban J connectivity index is 1.70. The third-order valence-corrected chi connectivity index (χ3v) is 7.75. The second-order valence-corrected chi connectivity index (χ2v) is 8.49. The fraction of sp³-hybridized carbons (Fsp3) is 0.571. The predicted molar refractivity (Wildman–Crippen MR) is 99.0 cm³/mol. The SMILES string of the molecule is COc1cc(O)c2c(c1)[C@]13CCN4CC[C@H](C[C@@H]1N2C(C)=O)C1=CCO[C@]143. The Hall–Kier alpha value is -2.05. The first-order chi connectivity index (χ1) is 13.0. The number of anilines is 1. The van der Waals surface area contributed by atoms with E-state index in [1.165, 1.54) is 5.57 Å². The highest BCUT2D eigenvalue weighted by molar-refractivity contribution is 5.98. The standard InChI is InChI=1S/C21H24N2O4/c1-12(24)23-18-9-13-3-6-22-7-5-20(18,21(22)15(13)4-8-27-21)16-10-14(26-2)11-17(25)19(16)23/h4,10-11,13,18,25H,3,5-9H2,1-2H3/t13-,18+,20-,21+/m1/s1. The van der Waals surface area contributed by atoms with Crippen LogP contribution in [0.15, 0.2) is 23.8 Å². The van der Waals surface area contributed by atoms with Crippen molar-refractivity contribution in [2.75, 3.05) is 31.7 Å². The van der Waals surface area contributed by atoms with Gasteiger partial charge in [-0.15, -0.1) is 0 Å². The molecule has 1 saturated carbocycles. The molecule has 2 saturated heterocycles. The van der Waals surface area contributed by atoms with Crippen molar-refractivity contribution in [1.29, 1.82) is 0 Å². The van der Waals surface area contributed by atoms with Crippen LogP contribution in [0.4, 0.5) is 5.69 Å². The smallest absolute Gasteiger partial charge is 0.224 e. The molecule has 6 rings (SSSR count). The van der Waals surface area contributed by atoms with Crippen molar-refractivity contribution >= 4 is 11.6 Å². The Kier molecular flexibility index (Phi) is 2.87. The Morgan fingerprint density at radius 3 is 3.00 bits per heavy atom. The van der Waals surface area contributed by atoms with Crippen LogP contribution in [-0.4, -0.2) is 54.5 Å². The van der Waals surface area contributed by atoms with E-state index in [2.05, 4.69) is 11.0 Å². The number of benzene rings is 1. The molecule has 0 aromatic heterocycles. The van der Waals surface area contributed by atoms with E-state index in [1.807, 2.05) is 11.0 Å². The van der Waals surface area contributed by atoms with Gasteiger partial charge in [0.15, 0.2) is 5.72 Å². The molecule has 1 N–H and O–H groups in total. The second kappa shape index (κ2) is 4.86. The first-order valence-corrected chi connectivity index (χ1v) is 9.85. The number of rotatable bonds is 1. The molecule has 2 spiro atoms. The van der Waals surface area contributed by atoms with Gasteiger partial charge in [0.2, 0.25) is 5.91 Å². The summed E-state index contributed by atoms with van der Waals surface area (Å²) in [7, 11) is 1.61. The van der Waals surface area contributed by atoms with E-state index in [1.54, 1.807) is 20.1 Å². The lowest BCUT2D eigenvalue weighted by atomic mass is 9.56. The number of carbonyl (C=O) groups is 1. The van der Waals surface area contributed by atoms with E-state index in [9.17, 15) is 9.90 Å². The molecule has 1 aromatic carbocycles. The first-order valence-electron chi connectivity index (χ1n) is 9.85. The van der Waals surface area contributed by atoms with Gasteiger partial charge in [0.25, 0.3) is 0 Å². The zero-order valence-corrected chi connectivity index (χ0v) is 15.7. The maximum atomic E-state index is 12.8. The van der Waals surface area contributed by atoms with Crippen molar-refractivity contribution < 1.29 is 19.4 Å². The number of amides is 1. The molecular weight excluding hydrogens is 344 g/mol. The summed E-state index contributed by atoms with van der Waals surface area (Å²) in [5.74, 6) is 1.18. The molecule has 4 heterocycles. The largest absolute Gasteiger partial charge is 0.506 e. The first kappa shape index (κ1) is 16.0. The molecule has 2 bridgehead atoms. The molecule has 1 aliphatic carbocycles. The molecule has 1 aromatic rings. The molecule has 4 aliphatic heterocycles. The van der Waals surface area contributed by atoms with Gasteiger partial charge in [-0.2, -0.15) is 0 Å². The zero-order chi connectivity index (χ0) is 18.6. The Morgan fingerprint density at radius 1 is 1.37 bits per heavy atom. The lowest BCUT2D eigenvalue weighted by Gasteiger charge is -2.58. The van der Waals surface area contributed by atoms with Crippen molar-refractivity contribution in [3.63, 3.8) is 0 Å². The summed E-state index contributed by atoms with van der Waals surface area (Å²) in [6, 6.07) is 3.65. The number of phenols is 1. The summed E-state index contributed by atoms with van der Waals surface area (Å²) in [5, 5.41) is 10.9. The lowest BCUT2D eigenvalue weighted by Crippen LogP contribution is -2.69. The molecule has 142 valence electrons. The highest BCUT2D eigenvalue weighted by Gasteiger charge is 2.76. The van der Waals surface area contributed by atoms with E-state index >= 15 is 0 Å². The minimum atomic E-state index is -0.476. The van der Waals surface area contributed by atoms with Gasteiger partial charge in [-0.05, 0) is 42.4 Å². The van der Waals surface area contributed by atoms with Crippen LogP contribution in [0.5, 0.6) is 11.5 Å². The van der Waals surface area contributed by atoms with E-state index in [4.69, 9.17) is 9.47 Å². The van der Waals surface area contributed by atoms with E-state index in [0.717, 1.165) is 37.9 Å². The number of aromatic hydroxyl groups is 1. The van der Waals surface area contributed by atoms with Gasteiger partial charge < -0.3 is 19.5 Å². The quantitative estimate of drug-likeness (QED) is 0.770. The topological polar surface area (TPSA) is 62.2 Å². The fourth-order valence-corrected chi connectivity index (χ4v) is 7.00. The van der Waals surface area contributed by atoms with Gasteiger partial charge in [0, 0.05) is 26.1 Å². The normalized spacial score (nSPS) is 38.3. The van der Waals surface area contributed by atoms with Gasteiger partial charge in [-0.1, -0.05) is 6.08 Å². The molecule has 0 radical (unpaired) electrons. The van der Waals surface area contributed by atoms with Gasteiger partial charge >= 0.3 is 0 Å². The molecule has 1 amide bonds. The van der Waals surface area contributed by atoms with Crippen LogP contribution >= 0.6 is 0 Å². The number of hydrogen-bond acceptors (Lipinski definition) is 5. The summed E-state index contributed by atoms with van der Waals surface area (Å²) in [6.07, 6.45) is 5.24. The Bertz CT molecular complexity index is 912. The van der Waals surface area contributed by atoms with E-state index < -0.39 is 5.72 Å². The van der Waals surface area contributed by atoms with Crippen molar-refractivity contribution in [3.8, 4) is 11.5 Å². The van der Waals surface area contributed by atoms with Crippen molar-refractivity contribution in [2.45, 2.75) is 43.4 Å². The Morgan fingerprint density at radius 2 is 2.22 bits per heavy atom. The van der Waals surface area contributed by atoms with Gasteiger partial charge in [-0.3, -0.25) is 9.69 Å². The van der Waals surface area contributed by atoms with Crippen LogP contribution < -0.4 is 9.64 Å². The molecule has 0 unspecified atom stereocenters. The number of phenolic OH excluding ortho intramolecular Hbond substituents is 1. The van der Waals surface area contributed by atoms with Crippen LogP contribution in [0.3, 0.4) is 0 Å². The van der Waals surface area contributed by atoms with Crippen LogP contribution in [0.1, 0.15) is 31.7 Å². The van der Waals surface area contributed by atoms with E-state index in [0.29, 0.717) is 24.0 Å². The molecule has 6 nitrogen and oxygen atoms in total. The number of piperidine rings is 1. The van der Waals surface area contributed by atoms with Gasteiger partial charge in [0.05, 0.1) is 30.9 Å². The summed E-state index contributed by atoms with van der Waals surface area (Å²) in [5.41, 5.74) is 2.25. The number of hydrogen-bond donors (Lipinski definition) is 1. The highest BCUT2D eigenvalue weighted by Crippen LogP contribution is 2.70. The van der Waals surface area contributed by atoms with Crippen LogP contribution in [0.2, 0.25) is 0 Å². The van der Waals surface area contributed by atoms with Crippen LogP contribution in [0, 0.1) is 5.92 Å². The van der Waals surface area contributed by atoms with E-state index in [-0.39, 0.29) is 23.1 Å². The summed E-state index contributed by atoms with van der Waals surface area (Å²) < 4.78 is 12.1. The highest BCUT2D eigenvalue weighted by atomic mass is 16.5. The number of carbonyl (C=O) groups excluding carboxylic acids is 1. The number of methoxy groups -OCH3 is 1. The van der Waals surface area contributed by atoms with Crippen molar-refractivity contribution in [2.24, 2.45) is 5.92 Å². The van der Waals surface area contributed by atoms with Gasteiger partial charge in [-0.25, -0.2) is 0 Å². The maximum Gasteiger partial charge on any atom is 0.224 e. The van der Waals surface area contributed by atoms with Crippen LogP contribution in [-0.2, 0) is 14.9 Å². The van der Waals surface area contributed by atoms with Crippen LogP contribution in [0.25, 0.3) is 0 Å². The number of fused-ring (bicyclic) bond motifs is 1. The zero-order valence-electron chi connectivity index (χ0n) is 15.7. The third kappa shape index (κ3) is 1.53. The molecule has 4 atom stereocenters. The average molecular weight is 368 g/mol. The molecule has 27 heavy (non-hydrogen) atoms. The van der Waals surface area contributed by atoms with Crippen molar-refractivity contribution in [1.82, 2.24) is 4.90 Å². The summed E-state index contributed by atoms with van der Waals surface area (Å²) in [4.78, 5) is 17.1. The third-order valence-electron chi connectivity index (χ3n) is 7.75. The molecule has 6 heteroatoms. The summed E-state index contributed by atoms with van der Waals surface area (Å²) >= 11 is 0. The maximum absolute atomic E-state index is 12.8. The summed E-state index contributed by atoms with van der Waals surface area (Å²) in [6.45, 7) is 4.21. The average Bonchev–Trinajstić information content (AvgIpc) is 3.31. The monoisotopic (exact) mass is 368 g/mol. The van der Waals surface area contributed by atoms with Gasteiger partial charge in [0.1, 0.15) is 11.5 Å². The minimum Gasteiger partial charge on any atom is -0.506 e. The predicted octanol–water partition coefficient (Wildman–Crippen LogP) is 2.16. The molecule has 3 fully saturated rings. The second-order valence-electron chi connectivity index (χ2n) is 8.49. The number of ether oxygens (including phenoxy) is 2.